The number of nitrogens with zero attached hydrogens (tertiary/aromatic N) is 6. The van der Waals surface area contributed by atoms with Crippen LogP contribution in [0.3, 0.4) is 0 Å². The Balaban J connectivity index is 1.41. The van der Waals surface area contributed by atoms with E-state index in [2.05, 4.69) is 24.8 Å². The average Bonchev–Trinajstić information content (AvgIpc) is 3.53. The summed E-state index contributed by atoms with van der Waals surface area (Å²) in [5.41, 5.74) is 15.1. The van der Waals surface area contributed by atoms with Gasteiger partial charge in [-0.1, -0.05) is 6.92 Å². The van der Waals surface area contributed by atoms with Gasteiger partial charge in [-0.25, -0.2) is 23.7 Å². The number of aromatic nitrogens is 5. The van der Waals surface area contributed by atoms with Crippen LogP contribution in [-0.4, -0.2) is 48.9 Å². The minimum Gasteiger partial charge on any atom is -0.382 e. The molecule has 4 N–H and O–H groups in total. The third-order valence-electron chi connectivity index (χ3n) is 7.82. The van der Waals surface area contributed by atoms with E-state index in [0.717, 1.165) is 42.6 Å². The summed E-state index contributed by atoms with van der Waals surface area (Å²) in [7, 11) is 0. The topological polar surface area (TPSA) is 129 Å². The molecule has 38 heavy (non-hydrogen) atoms. The molecule has 1 aromatic carbocycles. The van der Waals surface area contributed by atoms with Crippen LogP contribution in [0.4, 0.5) is 20.3 Å². The summed E-state index contributed by atoms with van der Waals surface area (Å²) in [4.78, 5) is 32.7. The Hall–Kier alpha value is -3.99. The smallest absolute Gasteiger partial charge is 0.165 e. The maximum Gasteiger partial charge on any atom is 0.165 e. The second-order valence-electron chi connectivity index (χ2n) is 10.7. The molecule has 1 saturated heterocycles. The minimum absolute atomic E-state index is 0.121. The first kappa shape index (κ1) is 24.4. The third kappa shape index (κ3) is 4.16. The average molecular weight is 519 g/mol. The van der Waals surface area contributed by atoms with Gasteiger partial charge in [-0.2, -0.15) is 0 Å². The number of carbonyl (C=O) groups is 1. The number of halogens is 2. The maximum absolute atomic E-state index is 14.0. The van der Waals surface area contributed by atoms with Crippen molar-refractivity contribution in [1.29, 1.82) is 0 Å². The molecule has 6 rings (SSSR count). The van der Waals surface area contributed by atoms with Gasteiger partial charge in [0.2, 0.25) is 0 Å². The van der Waals surface area contributed by atoms with Crippen molar-refractivity contribution in [2.75, 3.05) is 23.7 Å². The molecule has 0 amide bonds. The van der Waals surface area contributed by atoms with E-state index in [1.54, 1.807) is 12.5 Å². The van der Waals surface area contributed by atoms with Crippen LogP contribution in [0.1, 0.15) is 38.2 Å². The molecule has 1 atom stereocenters. The number of imidazole rings is 1. The Morgan fingerprint density at radius 3 is 2.66 bits per heavy atom. The van der Waals surface area contributed by atoms with Gasteiger partial charge in [-0.15, -0.1) is 0 Å². The molecule has 4 aromatic rings. The number of ketones is 1. The number of benzene rings is 1. The third-order valence-corrected chi connectivity index (χ3v) is 7.82. The van der Waals surface area contributed by atoms with E-state index >= 15 is 0 Å². The van der Waals surface area contributed by atoms with Crippen LogP contribution in [0, 0.1) is 17.0 Å². The number of anilines is 2. The molecule has 1 aliphatic heterocycles. The molecule has 0 radical (unpaired) electrons. The highest BCUT2D eigenvalue weighted by Crippen LogP contribution is 2.49. The van der Waals surface area contributed by atoms with Crippen LogP contribution in [0.15, 0.2) is 43.1 Å². The number of Topliss-reactive ketones (excluding diaryl/α,β-unsaturated/α-hetero) is 1. The van der Waals surface area contributed by atoms with Crippen LogP contribution in [0.5, 0.6) is 0 Å². The minimum atomic E-state index is -0.946. The largest absolute Gasteiger partial charge is 0.382 e. The van der Waals surface area contributed by atoms with Gasteiger partial charge in [0.05, 0.1) is 36.0 Å². The summed E-state index contributed by atoms with van der Waals surface area (Å²) in [6.07, 6.45) is 7.88. The van der Waals surface area contributed by atoms with Crippen LogP contribution in [-0.2, 0) is 11.3 Å². The van der Waals surface area contributed by atoms with Crippen LogP contribution < -0.4 is 16.4 Å². The number of rotatable bonds is 6. The Morgan fingerprint density at radius 1 is 1.08 bits per heavy atom. The van der Waals surface area contributed by atoms with Gasteiger partial charge in [0.1, 0.15) is 11.8 Å². The van der Waals surface area contributed by atoms with Gasteiger partial charge in [0.15, 0.2) is 28.9 Å². The maximum atomic E-state index is 14.0. The van der Waals surface area contributed by atoms with Crippen LogP contribution >= 0.6 is 0 Å². The van der Waals surface area contributed by atoms with Crippen molar-refractivity contribution in [2.24, 2.45) is 11.1 Å². The van der Waals surface area contributed by atoms with Gasteiger partial charge in [0, 0.05) is 24.1 Å². The molecule has 4 heterocycles. The van der Waals surface area contributed by atoms with E-state index < -0.39 is 17.2 Å². The lowest BCUT2D eigenvalue weighted by molar-refractivity contribution is -0.129. The van der Waals surface area contributed by atoms with Crippen LogP contribution in [0.2, 0.25) is 0 Å². The van der Waals surface area contributed by atoms with Crippen molar-refractivity contribution in [3.8, 4) is 11.3 Å². The summed E-state index contributed by atoms with van der Waals surface area (Å²) < 4.78 is 29.5. The molecule has 1 unspecified atom stereocenters. The fraction of sp³-hybridized carbons (Fsp3) is 0.370. The Kier molecular flexibility index (Phi) is 5.64. The predicted molar refractivity (Wildman–Crippen MR) is 139 cm³/mol. The van der Waals surface area contributed by atoms with E-state index in [1.807, 2.05) is 17.6 Å². The van der Waals surface area contributed by atoms with E-state index in [0.29, 0.717) is 48.5 Å². The zero-order valence-electron chi connectivity index (χ0n) is 21.0. The molecule has 0 bridgehead atoms. The van der Waals surface area contributed by atoms with Crippen molar-refractivity contribution in [3.05, 3.63) is 60.3 Å². The second-order valence-corrected chi connectivity index (χ2v) is 10.7. The molecule has 2 fully saturated rings. The molecule has 2 aliphatic rings. The highest BCUT2D eigenvalue weighted by Gasteiger charge is 2.53. The van der Waals surface area contributed by atoms with E-state index in [-0.39, 0.29) is 17.0 Å². The van der Waals surface area contributed by atoms with E-state index in [4.69, 9.17) is 11.5 Å². The van der Waals surface area contributed by atoms with E-state index in [9.17, 15) is 13.6 Å². The summed E-state index contributed by atoms with van der Waals surface area (Å²) in [5.74, 6) is -1.47. The normalized spacial score (nSPS) is 20.6. The number of nitrogen functional groups attached to an aromatic ring is 1. The fourth-order valence-corrected chi connectivity index (χ4v) is 5.40. The summed E-state index contributed by atoms with van der Waals surface area (Å²) >= 11 is 0. The van der Waals surface area contributed by atoms with Crippen molar-refractivity contribution in [2.45, 2.75) is 44.7 Å². The number of fused-ring (bicyclic) bond motifs is 1. The quantitative estimate of drug-likeness (QED) is 0.397. The standard InChI is InChI=1S/C27H28F2N8O/c1-26(6-7-26)25(38)27(31)5-2-8-36(13-27)21-11-32-20(16-3-4-18(28)19(29)9-16)10-17(21)12-37-15-35-22-23(30)33-14-34-24(22)37/h3-4,9-11,14-15H,2,5-8,12-13,31H2,1H3,(H2,30,33,34). The Morgan fingerprint density at radius 2 is 1.89 bits per heavy atom. The molecular formula is C27H28F2N8O. The van der Waals surface area contributed by atoms with Gasteiger partial charge < -0.3 is 20.9 Å². The van der Waals surface area contributed by atoms with Crippen molar-refractivity contribution in [1.82, 2.24) is 24.5 Å². The first-order valence-electron chi connectivity index (χ1n) is 12.6. The number of pyridine rings is 1. The second kappa shape index (κ2) is 8.80. The zero-order valence-corrected chi connectivity index (χ0v) is 21.0. The summed E-state index contributed by atoms with van der Waals surface area (Å²) in [6, 6.07) is 5.55. The monoisotopic (exact) mass is 518 g/mol. The lowest BCUT2D eigenvalue weighted by Crippen LogP contribution is -2.61. The van der Waals surface area contributed by atoms with Gasteiger partial charge >= 0.3 is 0 Å². The molecule has 1 saturated carbocycles. The van der Waals surface area contributed by atoms with E-state index in [1.165, 1.54) is 12.4 Å². The zero-order chi connectivity index (χ0) is 26.7. The molecular weight excluding hydrogens is 490 g/mol. The number of nitrogens with two attached hydrogens (primary N) is 2. The number of hydrogen-bond acceptors (Lipinski definition) is 8. The predicted octanol–water partition coefficient (Wildman–Crippen LogP) is 3.46. The van der Waals surface area contributed by atoms with Crippen molar-refractivity contribution < 1.29 is 13.6 Å². The molecule has 196 valence electrons. The number of piperidine rings is 1. The highest BCUT2D eigenvalue weighted by molar-refractivity contribution is 5.96. The lowest BCUT2D eigenvalue weighted by atomic mass is 9.79. The lowest BCUT2D eigenvalue weighted by Gasteiger charge is -2.42. The number of hydrogen-bond donors (Lipinski definition) is 2. The van der Waals surface area contributed by atoms with Gasteiger partial charge in [0.25, 0.3) is 0 Å². The fourth-order valence-electron chi connectivity index (χ4n) is 5.40. The SMILES string of the molecule is CC1(C(=O)C2(N)CCCN(c3cnc(-c4ccc(F)c(F)c4)cc3Cn3cnc4c(N)ncnc43)C2)CC1. The molecule has 1 aliphatic carbocycles. The van der Waals surface area contributed by atoms with Gasteiger partial charge in [-0.05, 0) is 55.5 Å². The Labute approximate surface area is 217 Å². The number of carbonyl (C=O) groups excluding carboxylic acids is 1. The van der Waals surface area contributed by atoms with Crippen LogP contribution in [0.25, 0.3) is 22.4 Å². The highest BCUT2D eigenvalue weighted by atomic mass is 19.2. The molecule has 3 aromatic heterocycles. The molecule has 0 spiro atoms. The van der Waals surface area contributed by atoms with Gasteiger partial charge in [-0.3, -0.25) is 9.78 Å². The summed E-state index contributed by atoms with van der Waals surface area (Å²) in [5, 5.41) is 0. The summed E-state index contributed by atoms with van der Waals surface area (Å²) in [6.45, 7) is 3.42. The van der Waals surface area contributed by atoms with Crippen molar-refractivity contribution >= 4 is 28.5 Å². The Bertz CT molecular complexity index is 1570. The van der Waals surface area contributed by atoms with Crippen molar-refractivity contribution in [3.63, 3.8) is 0 Å². The first-order chi connectivity index (χ1) is 18.2. The first-order valence-corrected chi connectivity index (χ1v) is 12.6. The molecule has 11 heteroatoms. The molecule has 9 nitrogen and oxygen atoms in total.